The Kier molecular flexibility index (Phi) is 7.34. The molecule has 258 valence electrons. The fourth-order valence-electron chi connectivity index (χ4n) is 8.50. The first-order valence-corrected chi connectivity index (χ1v) is 18.6. The van der Waals surface area contributed by atoms with Crippen LogP contribution in [0.5, 0.6) is 0 Å². The van der Waals surface area contributed by atoms with Gasteiger partial charge < -0.3 is 9.13 Å². The molecule has 0 saturated carbocycles. The molecular formula is C50H38N4. The summed E-state index contributed by atoms with van der Waals surface area (Å²) < 4.78 is 4.85. The van der Waals surface area contributed by atoms with Gasteiger partial charge in [0.1, 0.15) is 0 Å². The number of aromatic nitrogens is 4. The molecule has 0 aliphatic rings. The Hall–Kier alpha value is -6.78. The number of hydrogen-bond donors (Lipinski definition) is 0. The van der Waals surface area contributed by atoms with E-state index in [1.54, 1.807) is 0 Å². The Morgan fingerprint density at radius 2 is 0.667 bits per heavy atom. The smallest absolute Gasteiger partial charge is 0.0541 e. The third kappa shape index (κ3) is 4.98. The SMILES string of the molecule is Cc1ccc2c(c1)c1cc(C)ccc1n2-c1ccccc1-c1ccncc1-c1cnccc1-c1ccccc1-n1c2ccc(C)cc2c2cc(C)ccc21. The summed E-state index contributed by atoms with van der Waals surface area (Å²) in [5, 5.41) is 5.06. The Balaban J connectivity index is 1.20. The monoisotopic (exact) mass is 694 g/mol. The van der Waals surface area contributed by atoms with E-state index >= 15 is 0 Å². The van der Waals surface area contributed by atoms with E-state index in [1.165, 1.54) is 65.9 Å². The lowest BCUT2D eigenvalue weighted by Crippen LogP contribution is -2.00. The van der Waals surface area contributed by atoms with Crippen molar-refractivity contribution in [2.75, 3.05) is 0 Å². The molecule has 6 aromatic carbocycles. The van der Waals surface area contributed by atoms with E-state index < -0.39 is 0 Å². The highest BCUT2D eigenvalue weighted by atomic mass is 15.0. The van der Waals surface area contributed by atoms with Gasteiger partial charge in [-0.1, -0.05) is 82.9 Å². The molecule has 0 unspecified atom stereocenters. The van der Waals surface area contributed by atoms with Crippen molar-refractivity contribution < 1.29 is 0 Å². The van der Waals surface area contributed by atoms with Crippen LogP contribution in [0.25, 0.3) is 88.4 Å². The molecule has 0 aliphatic carbocycles. The van der Waals surface area contributed by atoms with E-state index in [1.807, 2.05) is 24.8 Å². The second kappa shape index (κ2) is 12.4. The summed E-state index contributed by atoms with van der Waals surface area (Å²) >= 11 is 0. The summed E-state index contributed by atoms with van der Waals surface area (Å²) in [5.74, 6) is 0. The number of benzene rings is 6. The summed E-state index contributed by atoms with van der Waals surface area (Å²) in [5.41, 5.74) is 18.6. The fraction of sp³-hybridized carbons (Fsp3) is 0.0800. The van der Waals surface area contributed by atoms with Crippen molar-refractivity contribution in [2.24, 2.45) is 0 Å². The number of rotatable bonds is 5. The third-order valence-electron chi connectivity index (χ3n) is 11.0. The minimum absolute atomic E-state index is 1.03. The summed E-state index contributed by atoms with van der Waals surface area (Å²) in [6.45, 7) is 8.68. The van der Waals surface area contributed by atoms with Gasteiger partial charge in [0.25, 0.3) is 0 Å². The molecule has 0 aliphatic heterocycles. The molecule has 4 aromatic heterocycles. The van der Waals surface area contributed by atoms with Crippen LogP contribution in [-0.2, 0) is 0 Å². The third-order valence-corrected chi connectivity index (χ3v) is 11.0. The van der Waals surface area contributed by atoms with Gasteiger partial charge >= 0.3 is 0 Å². The van der Waals surface area contributed by atoms with Crippen molar-refractivity contribution >= 4 is 43.6 Å². The average Bonchev–Trinajstić information content (AvgIpc) is 3.68. The predicted octanol–water partition coefficient (Wildman–Crippen LogP) is 12.9. The van der Waals surface area contributed by atoms with E-state index in [9.17, 15) is 0 Å². The predicted molar refractivity (Wildman–Crippen MR) is 226 cm³/mol. The van der Waals surface area contributed by atoms with Crippen LogP contribution in [-0.4, -0.2) is 19.1 Å². The number of pyridine rings is 2. The van der Waals surface area contributed by atoms with Crippen molar-refractivity contribution in [1.29, 1.82) is 0 Å². The standard InChI is InChI=1S/C50H38N4/c1-31-13-17-47-39(25-31)40-26-32(2)14-18-48(40)53(47)45-11-7-5-9-37(45)35-21-23-51-29-43(35)44-30-52-24-22-36(44)38-10-6-8-12-46(38)54-49-19-15-33(3)27-41(49)42-28-34(4)16-20-50(42)54/h5-30H,1-4H3. The molecule has 0 atom stereocenters. The van der Waals surface area contributed by atoms with Crippen LogP contribution >= 0.6 is 0 Å². The molecule has 4 nitrogen and oxygen atoms in total. The van der Waals surface area contributed by atoms with Gasteiger partial charge in [-0.3, -0.25) is 9.97 Å². The Labute approximate surface area is 314 Å². The Bertz CT molecular complexity index is 2780. The van der Waals surface area contributed by atoms with Crippen LogP contribution in [0.1, 0.15) is 22.3 Å². The molecule has 0 N–H and O–H groups in total. The van der Waals surface area contributed by atoms with E-state index in [-0.39, 0.29) is 0 Å². The molecule has 4 heteroatoms. The second-order valence-electron chi connectivity index (χ2n) is 14.6. The number of hydrogen-bond acceptors (Lipinski definition) is 2. The van der Waals surface area contributed by atoms with Gasteiger partial charge in [0.05, 0.1) is 33.4 Å². The van der Waals surface area contributed by atoms with Gasteiger partial charge in [-0.25, -0.2) is 0 Å². The molecule has 0 bridgehead atoms. The lowest BCUT2D eigenvalue weighted by atomic mass is 9.90. The zero-order valence-electron chi connectivity index (χ0n) is 30.8. The maximum atomic E-state index is 4.72. The first-order chi connectivity index (χ1) is 26.4. The lowest BCUT2D eigenvalue weighted by molar-refractivity contribution is 1.18. The normalized spacial score (nSPS) is 11.7. The van der Waals surface area contributed by atoms with Gasteiger partial charge in [0.2, 0.25) is 0 Å². The molecule has 0 amide bonds. The molecule has 0 radical (unpaired) electrons. The van der Waals surface area contributed by atoms with Crippen LogP contribution < -0.4 is 0 Å². The molecule has 0 saturated heterocycles. The van der Waals surface area contributed by atoms with Crippen molar-refractivity contribution in [1.82, 2.24) is 19.1 Å². The van der Waals surface area contributed by atoms with Crippen LogP contribution in [0.15, 0.2) is 158 Å². The number of nitrogens with zero attached hydrogens (tertiary/aromatic N) is 4. The van der Waals surface area contributed by atoms with E-state index in [2.05, 4.69) is 170 Å². The minimum atomic E-state index is 1.03. The Morgan fingerprint density at radius 1 is 0.333 bits per heavy atom. The van der Waals surface area contributed by atoms with Crippen LogP contribution in [0.2, 0.25) is 0 Å². The highest BCUT2D eigenvalue weighted by molar-refractivity contribution is 6.12. The number of fused-ring (bicyclic) bond motifs is 6. The highest BCUT2D eigenvalue weighted by Gasteiger charge is 2.22. The number of aryl methyl sites for hydroxylation is 4. The Morgan fingerprint density at radius 3 is 1.02 bits per heavy atom. The van der Waals surface area contributed by atoms with Crippen LogP contribution in [0.3, 0.4) is 0 Å². The molecule has 0 fully saturated rings. The van der Waals surface area contributed by atoms with Gasteiger partial charge in [-0.2, -0.15) is 0 Å². The van der Waals surface area contributed by atoms with Crippen molar-refractivity contribution in [3.63, 3.8) is 0 Å². The number of para-hydroxylation sites is 2. The van der Waals surface area contributed by atoms with Gasteiger partial charge in [-0.15, -0.1) is 0 Å². The summed E-state index contributed by atoms with van der Waals surface area (Å²) in [4.78, 5) is 9.45. The minimum Gasteiger partial charge on any atom is -0.309 e. The van der Waals surface area contributed by atoms with Gasteiger partial charge in [0.15, 0.2) is 0 Å². The maximum absolute atomic E-state index is 4.72. The first kappa shape index (κ1) is 31.9. The molecular weight excluding hydrogens is 657 g/mol. The summed E-state index contributed by atoms with van der Waals surface area (Å²) in [7, 11) is 0. The average molecular weight is 695 g/mol. The maximum Gasteiger partial charge on any atom is 0.0541 e. The van der Waals surface area contributed by atoms with E-state index in [0.29, 0.717) is 0 Å². The van der Waals surface area contributed by atoms with Crippen molar-refractivity contribution in [3.8, 4) is 44.8 Å². The zero-order valence-corrected chi connectivity index (χ0v) is 30.8. The molecule has 54 heavy (non-hydrogen) atoms. The molecule has 10 aromatic rings. The largest absolute Gasteiger partial charge is 0.309 e. The van der Waals surface area contributed by atoms with E-state index in [0.717, 1.165) is 44.8 Å². The fourth-order valence-corrected chi connectivity index (χ4v) is 8.50. The quantitative estimate of drug-likeness (QED) is 0.180. The van der Waals surface area contributed by atoms with Crippen LogP contribution in [0, 0.1) is 27.7 Å². The van der Waals surface area contributed by atoms with Gasteiger partial charge in [-0.05, 0) is 112 Å². The molecule has 0 spiro atoms. The van der Waals surface area contributed by atoms with Gasteiger partial charge in [0, 0.05) is 68.6 Å². The second-order valence-corrected chi connectivity index (χ2v) is 14.6. The molecule has 10 rings (SSSR count). The first-order valence-electron chi connectivity index (χ1n) is 18.6. The van der Waals surface area contributed by atoms with Crippen LogP contribution in [0.4, 0.5) is 0 Å². The zero-order chi connectivity index (χ0) is 36.5. The van der Waals surface area contributed by atoms with Crippen molar-refractivity contribution in [2.45, 2.75) is 27.7 Å². The summed E-state index contributed by atoms with van der Waals surface area (Å²) in [6, 6.07) is 48.9. The lowest BCUT2D eigenvalue weighted by Gasteiger charge is -2.19. The topological polar surface area (TPSA) is 35.6 Å². The van der Waals surface area contributed by atoms with E-state index in [4.69, 9.17) is 9.97 Å². The highest BCUT2D eigenvalue weighted by Crippen LogP contribution is 2.44. The molecule has 4 heterocycles. The van der Waals surface area contributed by atoms with Crippen molar-refractivity contribution in [3.05, 3.63) is 181 Å². The summed E-state index contributed by atoms with van der Waals surface area (Å²) in [6.07, 6.45) is 7.81.